The number of aromatic nitrogens is 3. The van der Waals surface area contributed by atoms with E-state index in [1.807, 2.05) is 0 Å². The van der Waals surface area contributed by atoms with Crippen LogP contribution in [-0.2, 0) is 19.5 Å². The Morgan fingerprint density at radius 3 is 2.77 bits per heavy atom. The summed E-state index contributed by atoms with van der Waals surface area (Å²) in [6, 6.07) is 6.41. The minimum atomic E-state index is 0. The Balaban J connectivity index is 0.00000320. The van der Waals surface area contributed by atoms with Crippen LogP contribution in [0.5, 0.6) is 5.75 Å². The predicted octanol–water partition coefficient (Wildman–Crippen LogP) is 3.84. The van der Waals surface area contributed by atoms with Gasteiger partial charge in [0.25, 0.3) is 0 Å². The van der Waals surface area contributed by atoms with Crippen molar-refractivity contribution in [2.24, 2.45) is 4.99 Å². The zero-order valence-electron chi connectivity index (χ0n) is 18.4. The van der Waals surface area contributed by atoms with Crippen LogP contribution in [0.25, 0.3) is 0 Å². The van der Waals surface area contributed by atoms with Gasteiger partial charge in [-0.15, -0.1) is 34.2 Å². The Kier molecular flexibility index (Phi) is 10.4. The average molecular weight is 526 g/mol. The number of guanidine groups is 1. The van der Waals surface area contributed by atoms with Crippen molar-refractivity contribution in [3.8, 4) is 5.75 Å². The molecule has 1 aliphatic rings. The maximum Gasteiger partial charge on any atom is 0.191 e. The fraction of sp³-hybridized carbons (Fsp3) is 0.591. The first-order valence-electron chi connectivity index (χ1n) is 10.8. The lowest BCUT2D eigenvalue weighted by molar-refractivity contribution is 0.208. The Bertz CT molecular complexity index is 801. The first-order chi connectivity index (χ1) is 14.2. The number of rotatable bonds is 9. The lowest BCUT2D eigenvalue weighted by atomic mass is 10.1. The predicted molar refractivity (Wildman–Crippen MR) is 132 cm³/mol. The molecule has 8 heteroatoms. The largest absolute Gasteiger partial charge is 0.490 e. The van der Waals surface area contributed by atoms with Crippen molar-refractivity contribution in [3.63, 3.8) is 0 Å². The van der Waals surface area contributed by atoms with E-state index < -0.39 is 0 Å². The molecule has 1 heterocycles. The third kappa shape index (κ3) is 7.14. The molecule has 0 saturated heterocycles. The molecule has 2 aromatic rings. The van der Waals surface area contributed by atoms with E-state index in [2.05, 4.69) is 64.4 Å². The van der Waals surface area contributed by atoms with Gasteiger partial charge in [0.05, 0.1) is 12.6 Å². The summed E-state index contributed by atoms with van der Waals surface area (Å²) in [6.07, 6.45) is 7.86. The summed E-state index contributed by atoms with van der Waals surface area (Å²) in [7, 11) is 0. The molecular weight excluding hydrogens is 491 g/mol. The molecule has 0 spiro atoms. The van der Waals surface area contributed by atoms with Crippen LogP contribution in [-0.4, -0.2) is 39.9 Å². The van der Waals surface area contributed by atoms with Crippen molar-refractivity contribution in [2.75, 3.05) is 13.1 Å². The topological polar surface area (TPSA) is 76.4 Å². The van der Waals surface area contributed by atoms with E-state index >= 15 is 0 Å². The summed E-state index contributed by atoms with van der Waals surface area (Å²) in [6.45, 7) is 9.24. The maximum absolute atomic E-state index is 6.31. The number of aliphatic imine (C=N–C) groups is 1. The van der Waals surface area contributed by atoms with Gasteiger partial charge in [0.1, 0.15) is 17.9 Å². The summed E-state index contributed by atoms with van der Waals surface area (Å²) in [5, 5.41) is 14.8. The third-order valence-corrected chi connectivity index (χ3v) is 5.23. The molecule has 0 unspecified atom stereocenters. The molecule has 1 saturated carbocycles. The number of hydrogen-bond donors (Lipinski definition) is 2. The molecule has 2 N–H and O–H groups in total. The lowest BCUT2D eigenvalue weighted by Gasteiger charge is -2.17. The number of hydrogen-bond acceptors (Lipinski definition) is 4. The van der Waals surface area contributed by atoms with E-state index in [-0.39, 0.29) is 24.0 Å². The van der Waals surface area contributed by atoms with Crippen LogP contribution in [0, 0.1) is 6.92 Å². The molecule has 30 heavy (non-hydrogen) atoms. The Morgan fingerprint density at radius 1 is 1.23 bits per heavy atom. The van der Waals surface area contributed by atoms with Gasteiger partial charge < -0.3 is 19.9 Å². The van der Waals surface area contributed by atoms with Crippen molar-refractivity contribution in [1.29, 1.82) is 0 Å². The quantitative estimate of drug-likeness (QED) is 0.295. The molecule has 0 atom stereocenters. The highest BCUT2D eigenvalue weighted by Crippen LogP contribution is 2.28. The summed E-state index contributed by atoms with van der Waals surface area (Å²) < 4.78 is 8.38. The van der Waals surface area contributed by atoms with Gasteiger partial charge in [-0.05, 0) is 51.2 Å². The van der Waals surface area contributed by atoms with Gasteiger partial charge in [-0.2, -0.15) is 0 Å². The zero-order chi connectivity index (χ0) is 20.5. The fourth-order valence-electron chi connectivity index (χ4n) is 3.63. The normalized spacial score (nSPS) is 14.4. The van der Waals surface area contributed by atoms with Gasteiger partial charge >= 0.3 is 0 Å². The molecule has 7 nitrogen and oxygen atoms in total. The van der Waals surface area contributed by atoms with Crippen LogP contribution >= 0.6 is 24.0 Å². The second-order valence-electron chi connectivity index (χ2n) is 7.55. The molecule has 0 radical (unpaired) electrons. The van der Waals surface area contributed by atoms with E-state index in [4.69, 9.17) is 9.73 Å². The number of nitrogens with zero attached hydrogens (tertiary/aromatic N) is 4. The summed E-state index contributed by atoms with van der Waals surface area (Å²) in [4.78, 5) is 4.78. The molecule has 1 fully saturated rings. The second kappa shape index (κ2) is 12.8. The molecule has 1 aromatic carbocycles. The van der Waals surface area contributed by atoms with Gasteiger partial charge in [0.2, 0.25) is 0 Å². The zero-order valence-corrected chi connectivity index (χ0v) is 20.7. The molecule has 3 rings (SSSR count). The summed E-state index contributed by atoms with van der Waals surface area (Å²) in [5.41, 5.74) is 2.35. The summed E-state index contributed by atoms with van der Waals surface area (Å²) in [5.74, 6) is 2.79. The lowest BCUT2D eigenvalue weighted by Crippen LogP contribution is -2.39. The molecule has 166 valence electrons. The van der Waals surface area contributed by atoms with Crippen LogP contribution in [0.15, 0.2) is 29.5 Å². The SMILES string of the molecule is CCNC(=NCc1ccc(C)cc1OC1CCCC1)NCCn1cnnc1CC.I. The second-order valence-corrected chi connectivity index (χ2v) is 7.55. The van der Waals surface area contributed by atoms with Crippen molar-refractivity contribution >= 4 is 29.9 Å². The number of halogens is 1. The Labute approximate surface area is 197 Å². The highest BCUT2D eigenvalue weighted by Gasteiger charge is 2.18. The maximum atomic E-state index is 6.31. The Morgan fingerprint density at radius 2 is 2.03 bits per heavy atom. The van der Waals surface area contributed by atoms with E-state index in [9.17, 15) is 0 Å². The molecule has 0 amide bonds. The fourth-order valence-corrected chi connectivity index (χ4v) is 3.63. The van der Waals surface area contributed by atoms with Crippen LogP contribution in [0.1, 0.15) is 56.5 Å². The van der Waals surface area contributed by atoms with E-state index in [0.717, 1.165) is 62.0 Å². The van der Waals surface area contributed by atoms with Crippen molar-refractivity contribution in [1.82, 2.24) is 25.4 Å². The molecule has 0 aliphatic heterocycles. The van der Waals surface area contributed by atoms with Gasteiger partial charge in [-0.25, -0.2) is 4.99 Å². The monoisotopic (exact) mass is 526 g/mol. The van der Waals surface area contributed by atoms with Gasteiger partial charge in [0, 0.05) is 31.6 Å². The number of ether oxygens (including phenoxy) is 1. The van der Waals surface area contributed by atoms with E-state index in [1.165, 1.54) is 18.4 Å². The van der Waals surface area contributed by atoms with Crippen LogP contribution in [0.2, 0.25) is 0 Å². The van der Waals surface area contributed by atoms with Crippen LogP contribution < -0.4 is 15.4 Å². The number of benzene rings is 1. The van der Waals surface area contributed by atoms with Crippen molar-refractivity contribution in [3.05, 3.63) is 41.5 Å². The number of nitrogens with one attached hydrogen (secondary N) is 2. The highest BCUT2D eigenvalue weighted by molar-refractivity contribution is 14.0. The minimum Gasteiger partial charge on any atom is -0.490 e. The highest BCUT2D eigenvalue weighted by atomic mass is 127. The molecule has 1 aromatic heterocycles. The van der Waals surface area contributed by atoms with Crippen molar-refractivity contribution < 1.29 is 4.74 Å². The van der Waals surface area contributed by atoms with Crippen LogP contribution in [0.4, 0.5) is 0 Å². The molecular formula is C22H35IN6O. The minimum absolute atomic E-state index is 0. The van der Waals surface area contributed by atoms with Crippen LogP contribution in [0.3, 0.4) is 0 Å². The third-order valence-electron chi connectivity index (χ3n) is 5.23. The first-order valence-corrected chi connectivity index (χ1v) is 10.8. The number of aryl methyl sites for hydroxylation is 2. The first kappa shape index (κ1) is 24.4. The average Bonchev–Trinajstić information content (AvgIpc) is 3.39. The van der Waals surface area contributed by atoms with Gasteiger partial charge in [-0.3, -0.25) is 0 Å². The van der Waals surface area contributed by atoms with Gasteiger partial charge in [-0.1, -0.05) is 19.1 Å². The van der Waals surface area contributed by atoms with E-state index in [1.54, 1.807) is 6.33 Å². The summed E-state index contributed by atoms with van der Waals surface area (Å²) >= 11 is 0. The smallest absolute Gasteiger partial charge is 0.191 e. The standard InChI is InChI=1S/C22H34N6O.HI/c1-4-21-27-26-16-28(21)13-12-24-22(23-5-2)25-15-18-11-10-17(3)14-20(18)29-19-8-6-7-9-19;/h10-11,14,16,19H,4-9,12-13,15H2,1-3H3,(H2,23,24,25);1H. The molecule has 1 aliphatic carbocycles. The van der Waals surface area contributed by atoms with E-state index in [0.29, 0.717) is 12.6 Å². The Hall–Kier alpha value is -1.84. The van der Waals surface area contributed by atoms with Crippen molar-refractivity contribution in [2.45, 2.75) is 72.1 Å². The van der Waals surface area contributed by atoms with Gasteiger partial charge in [0.15, 0.2) is 5.96 Å². The molecule has 0 bridgehead atoms.